The van der Waals surface area contributed by atoms with Crippen molar-refractivity contribution in [1.29, 1.82) is 0 Å². The third-order valence-corrected chi connectivity index (χ3v) is 3.40. The molecule has 0 bridgehead atoms. The van der Waals surface area contributed by atoms with Crippen molar-refractivity contribution in [2.75, 3.05) is 7.11 Å². The van der Waals surface area contributed by atoms with E-state index in [1.807, 2.05) is 12.1 Å². The summed E-state index contributed by atoms with van der Waals surface area (Å²) in [6.45, 7) is 2.25. The molecule has 2 aromatic carbocycles. The van der Waals surface area contributed by atoms with Crippen LogP contribution in [0.3, 0.4) is 0 Å². The van der Waals surface area contributed by atoms with Crippen LogP contribution in [0.2, 0.25) is 0 Å². The molecule has 0 aliphatic rings. The number of benzene rings is 2. The first-order chi connectivity index (χ1) is 8.83. The van der Waals surface area contributed by atoms with E-state index in [1.54, 1.807) is 7.11 Å². The zero-order chi connectivity index (χ0) is 12.8. The van der Waals surface area contributed by atoms with Crippen molar-refractivity contribution in [1.82, 2.24) is 0 Å². The lowest BCUT2D eigenvalue weighted by Gasteiger charge is -2.16. The standard InChI is InChI=1S/C17H20O/c1-3-15(13-14-7-5-4-6-8-14)16-9-11-17(18-2)12-10-16/h4-12,15H,3,13H2,1-2H3/t15-/m1/s1. The summed E-state index contributed by atoms with van der Waals surface area (Å²) in [7, 11) is 1.70. The highest BCUT2D eigenvalue weighted by atomic mass is 16.5. The van der Waals surface area contributed by atoms with Gasteiger partial charge in [-0.3, -0.25) is 0 Å². The predicted octanol–water partition coefficient (Wildman–Crippen LogP) is 4.43. The van der Waals surface area contributed by atoms with Crippen molar-refractivity contribution in [3.63, 3.8) is 0 Å². The molecule has 2 aromatic rings. The SMILES string of the molecule is CC[C@H](Cc1ccccc1)c1ccc(OC)cc1. The van der Waals surface area contributed by atoms with Crippen LogP contribution in [0, 0.1) is 0 Å². The normalized spacial score (nSPS) is 12.1. The molecule has 0 unspecified atom stereocenters. The summed E-state index contributed by atoms with van der Waals surface area (Å²) in [4.78, 5) is 0. The molecule has 0 saturated heterocycles. The minimum atomic E-state index is 0.582. The van der Waals surface area contributed by atoms with Crippen LogP contribution in [-0.2, 0) is 6.42 Å². The Kier molecular flexibility index (Phi) is 4.40. The van der Waals surface area contributed by atoms with E-state index < -0.39 is 0 Å². The first-order valence-electron chi connectivity index (χ1n) is 6.51. The zero-order valence-electron chi connectivity index (χ0n) is 11.1. The van der Waals surface area contributed by atoms with Gasteiger partial charge in [0.05, 0.1) is 7.11 Å². The summed E-state index contributed by atoms with van der Waals surface area (Å²) >= 11 is 0. The Bertz CT molecular complexity index is 459. The maximum absolute atomic E-state index is 5.20. The molecule has 0 aromatic heterocycles. The van der Waals surface area contributed by atoms with Crippen molar-refractivity contribution in [2.45, 2.75) is 25.7 Å². The fourth-order valence-corrected chi connectivity index (χ4v) is 2.27. The van der Waals surface area contributed by atoms with Gasteiger partial charge in [0.15, 0.2) is 0 Å². The van der Waals surface area contributed by atoms with E-state index >= 15 is 0 Å². The van der Waals surface area contributed by atoms with Gasteiger partial charge in [0.25, 0.3) is 0 Å². The Morgan fingerprint density at radius 2 is 1.61 bits per heavy atom. The number of rotatable bonds is 5. The Balaban J connectivity index is 2.12. The van der Waals surface area contributed by atoms with Crippen LogP contribution in [0.4, 0.5) is 0 Å². The topological polar surface area (TPSA) is 9.23 Å². The fourth-order valence-electron chi connectivity index (χ4n) is 2.27. The van der Waals surface area contributed by atoms with Gasteiger partial charge in [-0.1, -0.05) is 49.4 Å². The van der Waals surface area contributed by atoms with Crippen LogP contribution < -0.4 is 4.74 Å². The molecule has 0 saturated carbocycles. The lowest BCUT2D eigenvalue weighted by Crippen LogP contribution is -2.01. The molecule has 94 valence electrons. The Labute approximate surface area is 109 Å². The third kappa shape index (κ3) is 3.13. The van der Waals surface area contributed by atoms with Crippen LogP contribution in [0.1, 0.15) is 30.4 Å². The maximum atomic E-state index is 5.20. The minimum Gasteiger partial charge on any atom is -0.497 e. The molecule has 18 heavy (non-hydrogen) atoms. The molecular weight excluding hydrogens is 220 g/mol. The summed E-state index contributed by atoms with van der Waals surface area (Å²) in [6.07, 6.45) is 2.25. The lowest BCUT2D eigenvalue weighted by atomic mass is 9.90. The average molecular weight is 240 g/mol. The molecule has 0 amide bonds. The van der Waals surface area contributed by atoms with Gasteiger partial charge in [-0.25, -0.2) is 0 Å². The van der Waals surface area contributed by atoms with Crippen LogP contribution in [0.5, 0.6) is 5.75 Å². The van der Waals surface area contributed by atoms with Gasteiger partial charge in [-0.15, -0.1) is 0 Å². The molecule has 0 radical (unpaired) electrons. The number of hydrogen-bond donors (Lipinski definition) is 0. The monoisotopic (exact) mass is 240 g/mol. The third-order valence-electron chi connectivity index (χ3n) is 3.40. The number of ether oxygens (including phenoxy) is 1. The number of methoxy groups -OCH3 is 1. The van der Waals surface area contributed by atoms with Crippen molar-refractivity contribution >= 4 is 0 Å². The van der Waals surface area contributed by atoms with E-state index in [-0.39, 0.29) is 0 Å². The highest BCUT2D eigenvalue weighted by Crippen LogP contribution is 2.25. The van der Waals surface area contributed by atoms with Crippen LogP contribution in [0.25, 0.3) is 0 Å². The van der Waals surface area contributed by atoms with Crippen molar-refractivity contribution < 1.29 is 4.74 Å². The molecule has 0 N–H and O–H groups in total. The van der Waals surface area contributed by atoms with Gasteiger partial charge < -0.3 is 4.74 Å². The molecule has 1 atom stereocenters. The molecule has 2 rings (SSSR count). The summed E-state index contributed by atoms with van der Waals surface area (Å²) in [5.41, 5.74) is 2.79. The number of hydrogen-bond acceptors (Lipinski definition) is 1. The van der Waals surface area contributed by atoms with Crippen LogP contribution >= 0.6 is 0 Å². The zero-order valence-corrected chi connectivity index (χ0v) is 11.1. The Morgan fingerprint density at radius 1 is 0.944 bits per heavy atom. The summed E-state index contributed by atoms with van der Waals surface area (Å²) in [5, 5.41) is 0. The summed E-state index contributed by atoms with van der Waals surface area (Å²) in [5.74, 6) is 1.51. The average Bonchev–Trinajstić information content (AvgIpc) is 2.46. The van der Waals surface area contributed by atoms with E-state index in [0.717, 1.165) is 18.6 Å². The summed E-state index contributed by atoms with van der Waals surface area (Å²) < 4.78 is 5.20. The van der Waals surface area contributed by atoms with E-state index in [4.69, 9.17) is 4.74 Å². The predicted molar refractivity (Wildman–Crippen MR) is 76.2 cm³/mol. The first-order valence-corrected chi connectivity index (χ1v) is 6.51. The maximum Gasteiger partial charge on any atom is 0.118 e. The van der Waals surface area contributed by atoms with Gasteiger partial charge in [-0.2, -0.15) is 0 Å². The lowest BCUT2D eigenvalue weighted by molar-refractivity contribution is 0.414. The Morgan fingerprint density at radius 3 is 2.17 bits per heavy atom. The van der Waals surface area contributed by atoms with Gasteiger partial charge >= 0.3 is 0 Å². The van der Waals surface area contributed by atoms with E-state index in [2.05, 4.69) is 49.4 Å². The van der Waals surface area contributed by atoms with Gasteiger partial charge in [0.1, 0.15) is 5.75 Å². The molecule has 1 heteroatoms. The molecule has 1 nitrogen and oxygen atoms in total. The van der Waals surface area contributed by atoms with Gasteiger partial charge in [0.2, 0.25) is 0 Å². The van der Waals surface area contributed by atoms with Gasteiger partial charge in [-0.05, 0) is 42.0 Å². The van der Waals surface area contributed by atoms with Crippen molar-refractivity contribution in [2.24, 2.45) is 0 Å². The van der Waals surface area contributed by atoms with Crippen molar-refractivity contribution in [3.05, 3.63) is 65.7 Å². The van der Waals surface area contributed by atoms with Crippen LogP contribution in [0.15, 0.2) is 54.6 Å². The molecule has 0 heterocycles. The van der Waals surface area contributed by atoms with Crippen molar-refractivity contribution in [3.8, 4) is 5.75 Å². The second-order valence-corrected chi connectivity index (χ2v) is 4.57. The smallest absolute Gasteiger partial charge is 0.118 e. The van der Waals surface area contributed by atoms with Gasteiger partial charge in [0, 0.05) is 0 Å². The van der Waals surface area contributed by atoms with E-state index in [0.29, 0.717) is 5.92 Å². The molecule has 0 spiro atoms. The molecular formula is C17H20O. The second-order valence-electron chi connectivity index (χ2n) is 4.57. The minimum absolute atomic E-state index is 0.582. The quantitative estimate of drug-likeness (QED) is 0.751. The van der Waals surface area contributed by atoms with Crippen LogP contribution in [-0.4, -0.2) is 7.11 Å². The van der Waals surface area contributed by atoms with E-state index in [9.17, 15) is 0 Å². The largest absolute Gasteiger partial charge is 0.497 e. The highest BCUT2D eigenvalue weighted by molar-refractivity contribution is 5.30. The summed E-state index contributed by atoms with van der Waals surface area (Å²) in [6, 6.07) is 19.1. The second kappa shape index (κ2) is 6.25. The Hall–Kier alpha value is -1.76. The highest BCUT2D eigenvalue weighted by Gasteiger charge is 2.10. The molecule has 0 aliphatic carbocycles. The molecule has 0 aliphatic heterocycles. The molecule has 0 fully saturated rings. The van der Waals surface area contributed by atoms with E-state index in [1.165, 1.54) is 11.1 Å². The first kappa shape index (κ1) is 12.7. The fraction of sp³-hybridized carbons (Fsp3) is 0.294.